The zero-order chi connectivity index (χ0) is 14.5. The fraction of sp³-hybridized carbons (Fsp3) is 0.538. The van der Waals surface area contributed by atoms with E-state index in [-0.39, 0.29) is 0 Å². The van der Waals surface area contributed by atoms with Crippen LogP contribution in [0.1, 0.15) is 33.3 Å². The van der Waals surface area contributed by atoms with Crippen molar-refractivity contribution < 1.29 is 8.42 Å². The number of rotatable bonds is 6. The molecule has 3 N–H and O–H groups in total. The fourth-order valence-electron chi connectivity index (χ4n) is 1.60. The Morgan fingerprint density at radius 1 is 1.21 bits per heavy atom. The summed E-state index contributed by atoms with van der Waals surface area (Å²) in [5, 5.41) is 3.20. The first kappa shape index (κ1) is 15.9. The highest BCUT2D eigenvalue weighted by atomic mass is 32.2. The van der Waals surface area contributed by atoms with Crippen molar-refractivity contribution in [3.05, 3.63) is 29.8 Å². The maximum Gasteiger partial charge on any atom is 0.299 e. The molecular weight excluding hydrogens is 262 g/mol. The molecule has 0 aromatic heterocycles. The van der Waals surface area contributed by atoms with Gasteiger partial charge in [-0.1, -0.05) is 19.1 Å². The number of hydrogen-bond donors (Lipinski definition) is 3. The number of anilines is 1. The van der Waals surface area contributed by atoms with Gasteiger partial charge in [-0.2, -0.15) is 13.1 Å². The topological polar surface area (TPSA) is 70.2 Å². The molecule has 108 valence electrons. The molecule has 0 heterocycles. The molecule has 0 saturated heterocycles. The minimum absolute atomic E-state index is 0.507. The van der Waals surface area contributed by atoms with Gasteiger partial charge < -0.3 is 5.32 Å². The van der Waals surface area contributed by atoms with E-state index in [1.165, 1.54) is 0 Å². The van der Waals surface area contributed by atoms with E-state index in [0.717, 1.165) is 18.7 Å². The van der Waals surface area contributed by atoms with E-state index in [9.17, 15) is 8.42 Å². The minimum atomic E-state index is -3.55. The van der Waals surface area contributed by atoms with Crippen LogP contribution in [0.25, 0.3) is 0 Å². The first-order chi connectivity index (χ1) is 8.72. The molecule has 0 aliphatic carbocycles. The van der Waals surface area contributed by atoms with Gasteiger partial charge in [0.25, 0.3) is 10.2 Å². The molecule has 0 fully saturated rings. The van der Waals surface area contributed by atoms with Crippen LogP contribution in [0, 0.1) is 0 Å². The summed E-state index contributed by atoms with van der Waals surface area (Å²) in [7, 11) is -3.55. The molecule has 0 amide bonds. The van der Waals surface area contributed by atoms with Crippen LogP contribution in [0.5, 0.6) is 0 Å². The largest absolute Gasteiger partial charge is 0.313 e. The second kappa shape index (κ2) is 6.36. The molecular formula is C13H23N3O2S. The van der Waals surface area contributed by atoms with E-state index >= 15 is 0 Å². The van der Waals surface area contributed by atoms with Gasteiger partial charge in [0.05, 0.1) is 5.69 Å². The van der Waals surface area contributed by atoms with E-state index in [1.54, 1.807) is 26.8 Å². The number of hydrogen-bond acceptors (Lipinski definition) is 3. The standard InChI is InChI=1S/C13H23N3O2S/c1-5-14-10-11-7-6-8-12(9-11)15-19(17,18)16-13(2,3)4/h6-9,14-16H,5,10H2,1-4H3. The second-order valence-corrected chi connectivity index (χ2v) is 6.85. The highest BCUT2D eigenvalue weighted by Gasteiger charge is 2.19. The zero-order valence-electron chi connectivity index (χ0n) is 11.9. The summed E-state index contributed by atoms with van der Waals surface area (Å²) >= 11 is 0. The molecule has 0 unspecified atom stereocenters. The Morgan fingerprint density at radius 3 is 2.47 bits per heavy atom. The maximum atomic E-state index is 11.9. The molecule has 0 bridgehead atoms. The molecule has 1 aromatic rings. The maximum absolute atomic E-state index is 11.9. The average molecular weight is 285 g/mol. The highest BCUT2D eigenvalue weighted by molar-refractivity contribution is 7.90. The van der Waals surface area contributed by atoms with Crippen molar-refractivity contribution in [2.24, 2.45) is 0 Å². The number of benzene rings is 1. The van der Waals surface area contributed by atoms with Crippen LogP contribution in [-0.4, -0.2) is 20.5 Å². The molecule has 0 aliphatic rings. The Labute approximate surface area is 116 Å². The number of nitrogens with one attached hydrogen (secondary N) is 3. The average Bonchev–Trinajstić information content (AvgIpc) is 2.22. The lowest BCUT2D eigenvalue weighted by Crippen LogP contribution is -2.43. The molecule has 1 aromatic carbocycles. The summed E-state index contributed by atoms with van der Waals surface area (Å²) in [4.78, 5) is 0. The lowest BCUT2D eigenvalue weighted by molar-refractivity contribution is 0.494. The van der Waals surface area contributed by atoms with Crippen molar-refractivity contribution in [1.29, 1.82) is 0 Å². The van der Waals surface area contributed by atoms with Crippen LogP contribution in [0.15, 0.2) is 24.3 Å². The predicted octanol–water partition coefficient (Wildman–Crippen LogP) is 1.84. The Balaban J connectivity index is 2.76. The second-order valence-electron chi connectivity index (χ2n) is 5.44. The third-order valence-electron chi connectivity index (χ3n) is 2.20. The van der Waals surface area contributed by atoms with Gasteiger partial charge >= 0.3 is 0 Å². The summed E-state index contributed by atoms with van der Waals surface area (Å²) in [5.74, 6) is 0. The molecule has 0 atom stereocenters. The summed E-state index contributed by atoms with van der Waals surface area (Å²) in [5.41, 5.74) is 1.10. The fourth-order valence-corrected chi connectivity index (χ4v) is 2.89. The van der Waals surface area contributed by atoms with E-state index in [4.69, 9.17) is 0 Å². The lowest BCUT2D eigenvalue weighted by Gasteiger charge is -2.21. The molecule has 1 rings (SSSR count). The quantitative estimate of drug-likeness (QED) is 0.747. The Kier molecular flexibility index (Phi) is 5.34. The summed E-state index contributed by atoms with van der Waals surface area (Å²) in [6.45, 7) is 9.02. The van der Waals surface area contributed by atoms with Crippen LogP contribution in [0.2, 0.25) is 0 Å². The molecule has 19 heavy (non-hydrogen) atoms. The van der Waals surface area contributed by atoms with Gasteiger partial charge in [-0.15, -0.1) is 0 Å². The molecule has 0 spiro atoms. The van der Waals surface area contributed by atoms with Gasteiger partial charge in [-0.25, -0.2) is 0 Å². The van der Waals surface area contributed by atoms with Crippen molar-refractivity contribution in [3.8, 4) is 0 Å². The monoisotopic (exact) mass is 285 g/mol. The van der Waals surface area contributed by atoms with Crippen LogP contribution in [0.4, 0.5) is 5.69 Å². The van der Waals surface area contributed by atoms with Crippen molar-refractivity contribution in [1.82, 2.24) is 10.0 Å². The first-order valence-corrected chi connectivity index (χ1v) is 7.81. The molecule has 6 heteroatoms. The van der Waals surface area contributed by atoms with Crippen LogP contribution in [-0.2, 0) is 16.8 Å². The lowest BCUT2D eigenvalue weighted by atomic mass is 10.1. The van der Waals surface area contributed by atoms with Crippen LogP contribution >= 0.6 is 0 Å². The SMILES string of the molecule is CCNCc1cccc(NS(=O)(=O)NC(C)(C)C)c1. The third-order valence-corrected chi connectivity index (χ3v) is 3.58. The Bertz CT molecular complexity index is 507. The van der Waals surface area contributed by atoms with Gasteiger partial charge in [0.15, 0.2) is 0 Å². The highest BCUT2D eigenvalue weighted by Crippen LogP contribution is 2.13. The van der Waals surface area contributed by atoms with Gasteiger partial charge in [-0.3, -0.25) is 4.72 Å². The van der Waals surface area contributed by atoms with E-state index in [1.807, 2.05) is 25.1 Å². The first-order valence-electron chi connectivity index (χ1n) is 6.33. The summed E-state index contributed by atoms with van der Waals surface area (Å²) in [6.07, 6.45) is 0. The van der Waals surface area contributed by atoms with Crippen LogP contribution in [0.3, 0.4) is 0 Å². The smallest absolute Gasteiger partial charge is 0.299 e. The predicted molar refractivity (Wildman–Crippen MR) is 79.3 cm³/mol. The van der Waals surface area contributed by atoms with Crippen molar-refractivity contribution >= 4 is 15.9 Å². The molecule has 0 radical (unpaired) electrons. The van der Waals surface area contributed by atoms with Crippen molar-refractivity contribution in [3.63, 3.8) is 0 Å². The van der Waals surface area contributed by atoms with E-state index in [2.05, 4.69) is 14.8 Å². The van der Waals surface area contributed by atoms with Gasteiger partial charge in [0.2, 0.25) is 0 Å². The van der Waals surface area contributed by atoms with Crippen LogP contribution < -0.4 is 14.8 Å². The third kappa shape index (κ3) is 6.56. The zero-order valence-corrected chi connectivity index (χ0v) is 12.8. The minimum Gasteiger partial charge on any atom is -0.313 e. The van der Waals surface area contributed by atoms with Gasteiger partial charge in [-0.05, 0) is 45.0 Å². The Hall–Kier alpha value is -1.11. The van der Waals surface area contributed by atoms with Gasteiger partial charge in [0, 0.05) is 12.1 Å². The van der Waals surface area contributed by atoms with Crippen molar-refractivity contribution in [2.75, 3.05) is 11.3 Å². The summed E-state index contributed by atoms with van der Waals surface area (Å²) in [6, 6.07) is 7.35. The Morgan fingerprint density at radius 2 is 1.89 bits per heavy atom. The normalized spacial score (nSPS) is 12.4. The van der Waals surface area contributed by atoms with Gasteiger partial charge in [0.1, 0.15) is 0 Å². The molecule has 0 aliphatic heterocycles. The van der Waals surface area contributed by atoms with E-state index in [0.29, 0.717) is 5.69 Å². The van der Waals surface area contributed by atoms with Crippen molar-refractivity contribution in [2.45, 2.75) is 39.8 Å². The summed E-state index contributed by atoms with van der Waals surface area (Å²) < 4.78 is 28.9. The molecule has 0 saturated carbocycles. The molecule has 5 nitrogen and oxygen atoms in total. The van der Waals surface area contributed by atoms with E-state index < -0.39 is 15.7 Å².